The minimum atomic E-state index is 0.815. The molecule has 0 amide bonds. The second-order valence-corrected chi connectivity index (χ2v) is 5.86. The van der Waals surface area contributed by atoms with Crippen LogP contribution in [0, 0.1) is 5.92 Å². The Morgan fingerprint density at radius 2 is 2.10 bits per heavy atom. The lowest BCUT2D eigenvalue weighted by atomic mass is 9.85. The third-order valence-electron chi connectivity index (χ3n) is 4.27. The van der Waals surface area contributed by atoms with Gasteiger partial charge in [0, 0.05) is 31.2 Å². The van der Waals surface area contributed by atoms with Crippen LogP contribution in [-0.4, -0.2) is 25.6 Å². The smallest absolute Gasteiger partial charge is 0.0726 e. The van der Waals surface area contributed by atoms with Gasteiger partial charge >= 0.3 is 0 Å². The van der Waals surface area contributed by atoms with Crippen molar-refractivity contribution < 1.29 is 0 Å². The molecular formula is C17H23N3. The first-order valence-electron chi connectivity index (χ1n) is 7.52. The molecule has 3 nitrogen and oxygen atoms in total. The Bertz CT molecular complexity index is 590. The summed E-state index contributed by atoms with van der Waals surface area (Å²) in [5.74, 6) is 0.875. The van der Waals surface area contributed by atoms with Crippen LogP contribution in [0.5, 0.6) is 0 Å². The molecule has 1 saturated carbocycles. The van der Waals surface area contributed by atoms with E-state index < -0.39 is 0 Å². The number of benzene rings is 1. The van der Waals surface area contributed by atoms with Gasteiger partial charge in [0.2, 0.25) is 0 Å². The molecular weight excluding hydrogens is 246 g/mol. The third-order valence-corrected chi connectivity index (χ3v) is 4.27. The van der Waals surface area contributed by atoms with Crippen molar-refractivity contribution in [3.8, 4) is 0 Å². The predicted octanol–water partition coefficient (Wildman–Crippen LogP) is 3.19. The lowest BCUT2D eigenvalue weighted by molar-refractivity contribution is 0.321. The summed E-state index contributed by atoms with van der Waals surface area (Å²) in [4.78, 5) is 7.14. The normalized spacial score (nSPS) is 15.3. The molecule has 0 bridgehead atoms. The summed E-state index contributed by atoms with van der Waals surface area (Å²) in [6.45, 7) is 1.97. The number of anilines is 1. The molecule has 0 unspecified atom stereocenters. The van der Waals surface area contributed by atoms with Crippen LogP contribution in [0.25, 0.3) is 10.9 Å². The molecule has 3 rings (SSSR count). The van der Waals surface area contributed by atoms with Crippen molar-refractivity contribution in [1.82, 2.24) is 10.3 Å². The van der Waals surface area contributed by atoms with Gasteiger partial charge in [-0.05, 0) is 37.9 Å². The van der Waals surface area contributed by atoms with Crippen LogP contribution in [0.3, 0.4) is 0 Å². The summed E-state index contributed by atoms with van der Waals surface area (Å²) < 4.78 is 0. The van der Waals surface area contributed by atoms with Crippen molar-refractivity contribution in [2.24, 2.45) is 5.92 Å². The molecule has 1 fully saturated rings. The van der Waals surface area contributed by atoms with Crippen molar-refractivity contribution in [2.75, 3.05) is 25.5 Å². The number of fused-ring (bicyclic) bond motifs is 1. The van der Waals surface area contributed by atoms with E-state index in [0.29, 0.717) is 0 Å². The van der Waals surface area contributed by atoms with Crippen LogP contribution >= 0.6 is 0 Å². The number of para-hydroxylation sites is 1. The molecule has 0 radical (unpaired) electrons. The van der Waals surface area contributed by atoms with Crippen molar-refractivity contribution in [1.29, 1.82) is 0 Å². The zero-order valence-electron chi connectivity index (χ0n) is 12.4. The molecule has 1 aliphatic rings. The maximum atomic E-state index is 4.73. The quantitative estimate of drug-likeness (QED) is 0.903. The number of pyridine rings is 1. The highest BCUT2D eigenvalue weighted by molar-refractivity contribution is 5.91. The van der Waals surface area contributed by atoms with Crippen LogP contribution in [0.1, 0.15) is 25.0 Å². The molecule has 0 saturated heterocycles. The summed E-state index contributed by atoms with van der Waals surface area (Å²) in [5.41, 5.74) is 3.52. The van der Waals surface area contributed by atoms with E-state index in [1.807, 2.05) is 7.05 Å². The average Bonchev–Trinajstić information content (AvgIpc) is 2.42. The standard InChI is InChI=1S/C17H23N3/c1-18-11-14-10-17(20(2)12-13-6-5-7-13)15-8-3-4-9-16(15)19-14/h3-4,8-10,13,18H,5-7,11-12H2,1-2H3. The molecule has 0 aliphatic heterocycles. The first kappa shape index (κ1) is 13.4. The van der Waals surface area contributed by atoms with Crippen LogP contribution in [-0.2, 0) is 6.54 Å². The fraction of sp³-hybridized carbons (Fsp3) is 0.471. The molecule has 1 heterocycles. The SMILES string of the molecule is CNCc1cc(N(C)CC2CCC2)c2ccccc2n1. The van der Waals surface area contributed by atoms with E-state index in [2.05, 4.69) is 47.6 Å². The Morgan fingerprint density at radius 3 is 2.80 bits per heavy atom. The van der Waals surface area contributed by atoms with Crippen LogP contribution in [0.4, 0.5) is 5.69 Å². The van der Waals surface area contributed by atoms with Crippen LogP contribution in [0.15, 0.2) is 30.3 Å². The number of nitrogens with zero attached hydrogens (tertiary/aromatic N) is 2. The van der Waals surface area contributed by atoms with Gasteiger partial charge in [-0.2, -0.15) is 0 Å². The van der Waals surface area contributed by atoms with E-state index in [4.69, 9.17) is 4.98 Å². The van der Waals surface area contributed by atoms with Crippen molar-refractivity contribution in [2.45, 2.75) is 25.8 Å². The summed E-state index contributed by atoms with van der Waals surface area (Å²) in [6.07, 6.45) is 4.17. The van der Waals surface area contributed by atoms with Crippen LogP contribution < -0.4 is 10.2 Å². The van der Waals surface area contributed by atoms with Gasteiger partial charge in [-0.25, -0.2) is 0 Å². The highest BCUT2D eigenvalue weighted by Gasteiger charge is 2.20. The van der Waals surface area contributed by atoms with Crippen molar-refractivity contribution in [3.05, 3.63) is 36.0 Å². The minimum Gasteiger partial charge on any atom is -0.374 e. The van der Waals surface area contributed by atoms with Crippen molar-refractivity contribution in [3.63, 3.8) is 0 Å². The van der Waals surface area contributed by atoms with E-state index in [9.17, 15) is 0 Å². The van der Waals surface area contributed by atoms with Crippen molar-refractivity contribution >= 4 is 16.6 Å². The Hall–Kier alpha value is -1.61. The predicted molar refractivity (Wildman–Crippen MR) is 85.1 cm³/mol. The summed E-state index contributed by atoms with van der Waals surface area (Å²) in [7, 11) is 4.18. The molecule has 20 heavy (non-hydrogen) atoms. The van der Waals surface area contributed by atoms with Gasteiger partial charge in [0.05, 0.1) is 11.2 Å². The second kappa shape index (κ2) is 5.80. The van der Waals surface area contributed by atoms with Gasteiger partial charge in [-0.1, -0.05) is 24.6 Å². The van der Waals surface area contributed by atoms with E-state index in [0.717, 1.165) is 30.2 Å². The molecule has 106 valence electrons. The molecule has 1 N–H and O–H groups in total. The first-order valence-corrected chi connectivity index (χ1v) is 7.52. The second-order valence-electron chi connectivity index (χ2n) is 5.86. The lowest BCUT2D eigenvalue weighted by Crippen LogP contribution is -2.29. The summed E-state index contributed by atoms with van der Waals surface area (Å²) in [6, 6.07) is 10.7. The zero-order chi connectivity index (χ0) is 13.9. The zero-order valence-corrected chi connectivity index (χ0v) is 12.4. The van der Waals surface area contributed by atoms with Gasteiger partial charge < -0.3 is 10.2 Å². The van der Waals surface area contributed by atoms with E-state index in [-0.39, 0.29) is 0 Å². The van der Waals surface area contributed by atoms with Gasteiger partial charge in [0.1, 0.15) is 0 Å². The Kier molecular flexibility index (Phi) is 3.88. The number of hydrogen-bond acceptors (Lipinski definition) is 3. The third kappa shape index (κ3) is 2.63. The highest BCUT2D eigenvalue weighted by Crippen LogP contribution is 2.31. The first-order chi connectivity index (χ1) is 9.78. The fourth-order valence-electron chi connectivity index (χ4n) is 2.96. The Balaban J connectivity index is 1.97. The average molecular weight is 269 g/mol. The lowest BCUT2D eigenvalue weighted by Gasteiger charge is -2.32. The Labute approximate surface area is 121 Å². The number of rotatable bonds is 5. The Morgan fingerprint density at radius 1 is 1.30 bits per heavy atom. The summed E-state index contributed by atoms with van der Waals surface area (Å²) in [5, 5.41) is 4.46. The van der Waals surface area contributed by atoms with Gasteiger partial charge in [-0.3, -0.25) is 4.98 Å². The molecule has 1 aromatic carbocycles. The fourth-order valence-corrected chi connectivity index (χ4v) is 2.96. The summed E-state index contributed by atoms with van der Waals surface area (Å²) >= 11 is 0. The topological polar surface area (TPSA) is 28.2 Å². The van der Waals surface area contributed by atoms with E-state index >= 15 is 0 Å². The maximum Gasteiger partial charge on any atom is 0.0726 e. The molecule has 1 aliphatic carbocycles. The molecule has 2 aromatic rings. The molecule has 0 spiro atoms. The van der Waals surface area contributed by atoms with E-state index in [1.54, 1.807) is 0 Å². The monoisotopic (exact) mass is 269 g/mol. The highest BCUT2D eigenvalue weighted by atomic mass is 15.1. The minimum absolute atomic E-state index is 0.815. The van der Waals surface area contributed by atoms with Gasteiger partial charge in [-0.15, -0.1) is 0 Å². The maximum absolute atomic E-state index is 4.73. The number of hydrogen-bond donors (Lipinski definition) is 1. The molecule has 1 aromatic heterocycles. The number of aromatic nitrogens is 1. The molecule has 0 atom stereocenters. The largest absolute Gasteiger partial charge is 0.374 e. The van der Waals surface area contributed by atoms with Gasteiger partial charge in [0.15, 0.2) is 0 Å². The van der Waals surface area contributed by atoms with E-state index in [1.165, 1.54) is 30.3 Å². The molecule has 3 heteroatoms. The van der Waals surface area contributed by atoms with Crippen LogP contribution in [0.2, 0.25) is 0 Å². The number of nitrogens with one attached hydrogen (secondary N) is 1. The van der Waals surface area contributed by atoms with Gasteiger partial charge in [0.25, 0.3) is 0 Å².